The molecule has 2 unspecified atom stereocenters. The second-order valence-corrected chi connectivity index (χ2v) is 4.15. The van der Waals surface area contributed by atoms with Gasteiger partial charge in [-0.2, -0.15) is 0 Å². The monoisotopic (exact) mass is 170 g/mol. The quantitative estimate of drug-likeness (QED) is 0.687. The predicted molar refractivity (Wildman–Crippen MR) is 53.4 cm³/mol. The first-order chi connectivity index (χ1) is 5.74. The minimum Gasteiger partial charge on any atom is -0.318 e. The molecule has 0 radical (unpaired) electrons. The zero-order chi connectivity index (χ0) is 8.97. The molecule has 1 aliphatic heterocycles. The van der Waals surface area contributed by atoms with E-state index >= 15 is 0 Å². The third kappa shape index (κ3) is 2.76. The van der Waals surface area contributed by atoms with Gasteiger partial charge in [-0.05, 0) is 39.3 Å². The molecular formula is C10H22N2. The molecule has 1 N–H and O–H groups in total. The average Bonchev–Trinajstić information content (AvgIpc) is 2.05. The molecule has 0 aliphatic carbocycles. The number of nitrogens with one attached hydrogen (secondary N) is 1. The van der Waals surface area contributed by atoms with E-state index in [4.69, 9.17) is 0 Å². The minimum absolute atomic E-state index is 0.706. The molecule has 0 saturated carbocycles. The molecule has 1 saturated heterocycles. The number of likely N-dealkylation sites (N-methyl/N-ethyl adjacent to an activating group) is 1. The fourth-order valence-corrected chi connectivity index (χ4v) is 2.05. The normalized spacial score (nSPS) is 28.8. The Kier molecular flexibility index (Phi) is 4.02. The van der Waals surface area contributed by atoms with Crippen molar-refractivity contribution in [2.24, 2.45) is 5.92 Å². The summed E-state index contributed by atoms with van der Waals surface area (Å²) in [5.41, 5.74) is 0. The number of likely N-dealkylation sites (tertiary alicyclic amines) is 1. The molecule has 2 nitrogen and oxygen atoms in total. The van der Waals surface area contributed by atoms with Gasteiger partial charge in [0.1, 0.15) is 0 Å². The molecule has 2 heteroatoms. The molecule has 12 heavy (non-hydrogen) atoms. The summed E-state index contributed by atoms with van der Waals surface area (Å²) in [6.07, 6.45) is 2.80. The van der Waals surface area contributed by atoms with Crippen molar-refractivity contribution in [1.82, 2.24) is 10.2 Å². The minimum atomic E-state index is 0.706. The lowest BCUT2D eigenvalue weighted by atomic mass is 9.99. The summed E-state index contributed by atoms with van der Waals surface area (Å²) in [6.45, 7) is 8.38. The summed E-state index contributed by atoms with van der Waals surface area (Å²) in [6, 6.07) is 0.706. The van der Waals surface area contributed by atoms with E-state index in [1.807, 2.05) is 7.05 Å². The van der Waals surface area contributed by atoms with Crippen LogP contribution in [0.4, 0.5) is 0 Å². The van der Waals surface area contributed by atoms with Gasteiger partial charge in [0.05, 0.1) is 0 Å². The highest BCUT2D eigenvalue weighted by Gasteiger charge is 2.19. The van der Waals surface area contributed by atoms with E-state index in [1.165, 1.54) is 25.9 Å². The second kappa shape index (κ2) is 4.83. The Morgan fingerprint density at radius 1 is 1.58 bits per heavy atom. The van der Waals surface area contributed by atoms with Crippen LogP contribution in [0.15, 0.2) is 0 Å². The van der Waals surface area contributed by atoms with Gasteiger partial charge in [0.15, 0.2) is 0 Å². The van der Waals surface area contributed by atoms with Gasteiger partial charge in [-0.25, -0.2) is 0 Å². The highest BCUT2D eigenvalue weighted by molar-refractivity contribution is 4.75. The maximum Gasteiger partial charge on any atom is 0.0192 e. The van der Waals surface area contributed by atoms with Crippen molar-refractivity contribution in [2.75, 3.05) is 26.7 Å². The highest BCUT2D eigenvalue weighted by atomic mass is 15.2. The molecular weight excluding hydrogens is 148 g/mol. The fraction of sp³-hybridized carbons (Fsp3) is 1.00. The number of nitrogens with zero attached hydrogens (tertiary/aromatic N) is 1. The van der Waals surface area contributed by atoms with Gasteiger partial charge in [0, 0.05) is 19.1 Å². The molecule has 0 spiro atoms. The van der Waals surface area contributed by atoms with Crippen molar-refractivity contribution < 1.29 is 0 Å². The second-order valence-electron chi connectivity index (χ2n) is 4.15. The third-order valence-electron chi connectivity index (χ3n) is 2.81. The first-order valence-electron chi connectivity index (χ1n) is 5.12. The Hall–Kier alpha value is -0.0800. The summed E-state index contributed by atoms with van der Waals surface area (Å²) in [7, 11) is 2.03. The first kappa shape index (κ1) is 10.0. The van der Waals surface area contributed by atoms with E-state index in [2.05, 4.69) is 24.1 Å². The van der Waals surface area contributed by atoms with Crippen LogP contribution in [0.1, 0.15) is 26.7 Å². The zero-order valence-corrected chi connectivity index (χ0v) is 8.64. The SMILES string of the molecule is CNCC(C)N1CCCC(C)C1. The maximum atomic E-state index is 3.24. The van der Waals surface area contributed by atoms with Gasteiger partial charge in [0.25, 0.3) is 0 Å². The van der Waals surface area contributed by atoms with Crippen molar-refractivity contribution in [3.05, 3.63) is 0 Å². The molecule has 2 atom stereocenters. The topological polar surface area (TPSA) is 15.3 Å². The van der Waals surface area contributed by atoms with Crippen molar-refractivity contribution in [3.8, 4) is 0 Å². The van der Waals surface area contributed by atoms with Crippen LogP contribution in [0.2, 0.25) is 0 Å². The molecule has 72 valence electrons. The standard InChI is InChI=1S/C10H22N2/c1-9-5-4-6-12(8-9)10(2)7-11-3/h9-11H,4-8H2,1-3H3. The van der Waals surface area contributed by atoms with Gasteiger partial charge in [0.2, 0.25) is 0 Å². The van der Waals surface area contributed by atoms with Gasteiger partial charge in [-0.1, -0.05) is 6.92 Å². The Bertz CT molecular complexity index is 125. The van der Waals surface area contributed by atoms with E-state index in [9.17, 15) is 0 Å². The summed E-state index contributed by atoms with van der Waals surface area (Å²) in [5.74, 6) is 0.901. The Balaban J connectivity index is 2.29. The zero-order valence-electron chi connectivity index (χ0n) is 8.64. The predicted octanol–water partition coefficient (Wildman–Crippen LogP) is 1.33. The Morgan fingerprint density at radius 3 is 2.92 bits per heavy atom. The molecule has 1 rings (SSSR count). The van der Waals surface area contributed by atoms with Gasteiger partial charge >= 0.3 is 0 Å². The van der Waals surface area contributed by atoms with Crippen molar-refractivity contribution in [3.63, 3.8) is 0 Å². The number of rotatable bonds is 3. The maximum absolute atomic E-state index is 3.24. The molecule has 0 aromatic carbocycles. The fourth-order valence-electron chi connectivity index (χ4n) is 2.05. The van der Waals surface area contributed by atoms with Crippen molar-refractivity contribution in [1.29, 1.82) is 0 Å². The molecule has 0 aromatic heterocycles. The lowest BCUT2D eigenvalue weighted by Gasteiger charge is -2.35. The average molecular weight is 170 g/mol. The first-order valence-corrected chi connectivity index (χ1v) is 5.12. The van der Waals surface area contributed by atoms with Crippen molar-refractivity contribution in [2.45, 2.75) is 32.7 Å². The lowest BCUT2D eigenvalue weighted by molar-refractivity contribution is 0.138. The van der Waals surface area contributed by atoms with E-state index in [0.29, 0.717) is 6.04 Å². The third-order valence-corrected chi connectivity index (χ3v) is 2.81. The van der Waals surface area contributed by atoms with Crippen LogP contribution in [0, 0.1) is 5.92 Å². The number of hydrogen-bond donors (Lipinski definition) is 1. The summed E-state index contributed by atoms with van der Waals surface area (Å²) in [5, 5.41) is 3.24. The van der Waals surface area contributed by atoms with Gasteiger partial charge < -0.3 is 5.32 Å². The number of hydrogen-bond acceptors (Lipinski definition) is 2. The Labute approximate surface area is 76.3 Å². The number of piperidine rings is 1. The van der Waals surface area contributed by atoms with Crippen LogP contribution in [-0.2, 0) is 0 Å². The van der Waals surface area contributed by atoms with Crippen LogP contribution in [0.5, 0.6) is 0 Å². The molecule has 0 aromatic rings. The summed E-state index contributed by atoms with van der Waals surface area (Å²) in [4.78, 5) is 2.60. The molecule has 1 aliphatic rings. The van der Waals surface area contributed by atoms with Gasteiger partial charge in [-0.3, -0.25) is 4.90 Å². The Morgan fingerprint density at radius 2 is 2.33 bits per heavy atom. The van der Waals surface area contributed by atoms with E-state index in [0.717, 1.165) is 12.5 Å². The summed E-state index contributed by atoms with van der Waals surface area (Å²) < 4.78 is 0. The molecule has 1 heterocycles. The van der Waals surface area contributed by atoms with Crippen LogP contribution in [-0.4, -0.2) is 37.6 Å². The molecule has 0 amide bonds. The van der Waals surface area contributed by atoms with Gasteiger partial charge in [-0.15, -0.1) is 0 Å². The largest absolute Gasteiger partial charge is 0.318 e. The van der Waals surface area contributed by atoms with Crippen molar-refractivity contribution >= 4 is 0 Å². The summed E-state index contributed by atoms with van der Waals surface area (Å²) >= 11 is 0. The highest BCUT2D eigenvalue weighted by Crippen LogP contribution is 2.17. The smallest absolute Gasteiger partial charge is 0.0192 e. The van der Waals surface area contributed by atoms with Crippen LogP contribution in [0.25, 0.3) is 0 Å². The molecule has 1 fully saturated rings. The molecule has 0 bridgehead atoms. The van der Waals surface area contributed by atoms with E-state index < -0.39 is 0 Å². The lowest BCUT2D eigenvalue weighted by Crippen LogP contribution is -2.44. The van der Waals surface area contributed by atoms with Crippen LogP contribution < -0.4 is 5.32 Å². The van der Waals surface area contributed by atoms with E-state index in [1.54, 1.807) is 0 Å². The van der Waals surface area contributed by atoms with Crippen LogP contribution in [0.3, 0.4) is 0 Å². The van der Waals surface area contributed by atoms with Crippen LogP contribution >= 0.6 is 0 Å². The van der Waals surface area contributed by atoms with E-state index in [-0.39, 0.29) is 0 Å².